The molecule has 30 heavy (non-hydrogen) atoms. The Morgan fingerprint density at radius 2 is 2.03 bits per heavy atom. The van der Waals surface area contributed by atoms with E-state index in [1.807, 2.05) is 13.8 Å². The van der Waals surface area contributed by atoms with E-state index in [0.717, 1.165) is 6.29 Å². The molecular formula is C21H35N3O6. The number of likely N-dealkylation sites (N-methyl/N-ethyl adjacent to an activating group) is 1. The summed E-state index contributed by atoms with van der Waals surface area (Å²) in [5.74, 6) is -1.06. The van der Waals surface area contributed by atoms with Crippen LogP contribution in [0.2, 0.25) is 0 Å². The molecule has 0 aromatic carbocycles. The number of nitrogens with one attached hydrogen (secondary N) is 1. The quantitative estimate of drug-likeness (QED) is 0.670. The van der Waals surface area contributed by atoms with Crippen LogP contribution in [0.25, 0.3) is 0 Å². The molecule has 2 heterocycles. The first kappa shape index (κ1) is 24.1. The molecule has 2 aliphatic rings. The van der Waals surface area contributed by atoms with Crippen molar-refractivity contribution in [2.75, 3.05) is 20.2 Å². The van der Waals surface area contributed by atoms with Gasteiger partial charge in [0.25, 0.3) is 0 Å². The molecule has 2 rings (SSSR count). The number of hydrogen-bond acceptors (Lipinski definition) is 6. The maximum absolute atomic E-state index is 13.1. The van der Waals surface area contributed by atoms with Crippen LogP contribution in [0.15, 0.2) is 0 Å². The third-order valence-corrected chi connectivity index (χ3v) is 5.79. The number of amides is 3. The summed E-state index contributed by atoms with van der Waals surface area (Å²) in [4.78, 5) is 52.3. The topological polar surface area (TPSA) is 105 Å². The zero-order valence-electron chi connectivity index (χ0n) is 19.1. The summed E-state index contributed by atoms with van der Waals surface area (Å²) in [5.41, 5.74) is -1.03. The minimum absolute atomic E-state index is 0.114. The van der Waals surface area contributed by atoms with E-state index >= 15 is 0 Å². The molecule has 0 bridgehead atoms. The van der Waals surface area contributed by atoms with Crippen LogP contribution in [0.4, 0.5) is 4.79 Å². The second-order valence-corrected chi connectivity index (χ2v) is 9.84. The Morgan fingerprint density at radius 1 is 1.40 bits per heavy atom. The predicted molar refractivity (Wildman–Crippen MR) is 109 cm³/mol. The minimum atomic E-state index is -0.766. The molecule has 1 unspecified atom stereocenters. The Kier molecular flexibility index (Phi) is 7.16. The van der Waals surface area contributed by atoms with E-state index in [2.05, 4.69) is 5.32 Å². The van der Waals surface area contributed by atoms with Gasteiger partial charge in [0.05, 0.1) is 18.6 Å². The fourth-order valence-corrected chi connectivity index (χ4v) is 3.80. The van der Waals surface area contributed by atoms with Crippen LogP contribution in [-0.4, -0.2) is 78.1 Å². The summed E-state index contributed by atoms with van der Waals surface area (Å²) < 4.78 is 11.1. The van der Waals surface area contributed by atoms with Gasteiger partial charge in [-0.1, -0.05) is 13.8 Å². The summed E-state index contributed by atoms with van der Waals surface area (Å²) in [6.45, 7) is 11.2. The lowest BCUT2D eigenvalue weighted by Gasteiger charge is -2.31. The first-order valence-electron chi connectivity index (χ1n) is 10.4. The Hall–Kier alpha value is -2.16. The van der Waals surface area contributed by atoms with Crippen LogP contribution in [0, 0.1) is 11.3 Å². The summed E-state index contributed by atoms with van der Waals surface area (Å²) in [6, 6.07) is -1.32. The van der Waals surface area contributed by atoms with E-state index in [4.69, 9.17) is 9.47 Å². The second-order valence-electron chi connectivity index (χ2n) is 9.84. The molecule has 0 saturated carbocycles. The molecule has 0 aromatic heterocycles. The molecule has 4 atom stereocenters. The number of carbonyl (C=O) groups is 4. The van der Waals surface area contributed by atoms with Crippen molar-refractivity contribution in [1.29, 1.82) is 0 Å². The number of ether oxygens (including phenoxy) is 2. The van der Waals surface area contributed by atoms with Crippen molar-refractivity contribution in [2.45, 2.75) is 78.3 Å². The highest BCUT2D eigenvalue weighted by molar-refractivity contribution is 5.87. The van der Waals surface area contributed by atoms with Crippen LogP contribution < -0.4 is 5.32 Å². The average molecular weight is 426 g/mol. The first-order chi connectivity index (χ1) is 13.8. The summed E-state index contributed by atoms with van der Waals surface area (Å²) in [5, 5.41) is 2.76. The fourth-order valence-electron chi connectivity index (χ4n) is 3.80. The number of carbonyl (C=O) groups excluding carboxylic acids is 4. The van der Waals surface area contributed by atoms with Crippen molar-refractivity contribution in [1.82, 2.24) is 15.1 Å². The van der Waals surface area contributed by atoms with Crippen molar-refractivity contribution < 1.29 is 28.7 Å². The summed E-state index contributed by atoms with van der Waals surface area (Å²) in [7, 11) is 1.49. The van der Waals surface area contributed by atoms with E-state index in [0.29, 0.717) is 19.4 Å². The lowest BCUT2D eigenvalue weighted by Crippen LogP contribution is -2.51. The van der Waals surface area contributed by atoms with E-state index < -0.39 is 35.9 Å². The molecule has 3 amide bonds. The van der Waals surface area contributed by atoms with Crippen LogP contribution in [-0.2, 0) is 23.9 Å². The van der Waals surface area contributed by atoms with Gasteiger partial charge in [0.1, 0.15) is 24.2 Å². The van der Waals surface area contributed by atoms with Crippen molar-refractivity contribution in [3.63, 3.8) is 0 Å². The monoisotopic (exact) mass is 425 g/mol. The van der Waals surface area contributed by atoms with E-state index in [1.165, 1.54) is 16.8 Å². The molecule has 9 heteroatoms. The lowest BCUT2D eigenvalue weighted by atomic mass is 9.85. The maximum atomic E-state index is 13.1. The SMILES string of the molecule is C[C@@H](C(=O)NCC1CCO[C@H]2CC(C)(C)[C@@H](C=O)N2C1=O)N(C)C(=O)OC(C)(C)C. The zero-order valence-corrected chi connectivity index (χ0v) is 19.1. The van der Waals surface area contributed by atoms with Gasteiger partial charge >= 0.3 is 6.09 Å². The van der Waals surface area contributed by atoms with Gasteiger partial charge in [-0.05, 0) is 46.0 Å². The van der Waals surface area contributed by atoms with Gasteiger partial charge in [0, 0.05) is 13.6 Å². The molecule has 170 valence electrons. The molecule has 2 fully saturated rings. The smallest absolute Gasteiger partial charge is 0.410 e. The normalized spacial score (nSPS) is 27.0. The fraction of sp³-hybridized carbons (Fsp3) is 0.810. The molecule has 0 radical (unpaired) electrons. The Morgan fingerprint density at radius 3 is 2.60 bits per heavy atom. The summed E-state index contributed by atoms with van der Waals surface area (Å²) in [6.07, 6.45) is 0.841. The van der Waals surface area contributed by atoms with Crippen molar-refractivity contribution in [2.24, 2.45) is 11.3 Å². The van der Waals surface area contributed by atoms with Gasteiger partial charge in [-0.2, -0.15) is 0 Å². The molecule has 2 aliphatic heterocycles. The Balaban J connectivity index is 1.99. The average Bonchev–Trinajstić information content (AvgIpc) is 2.80. The van der Waals surface area contributed by atoms with Crippen LogP contribution in [0.3, 0.4) is 0 Å². The maximum Gasteiger partial charge on any atom is 0.410 e. The van der Waals surface area contributed by atoms with Gasteiger partial charge in [-0.15, -0.1) is 0 Å². The Bertz CT molecular complexity index is 687. The van der Waals surface area contributed by atoms with E-state index in [-0.39, 0.29) is 23.8 Å². The summed E-state index contributed by atoms with van der Waals surface area (Å²) >= 11 is 0. The zero-order chi connectivity index (χ0) is 22.9. The van der Waals surface area contributed by atoms with Gasteiger partial charge in [0.2, 0.25) is 11.8 Å². The molecular weight excluding hydrogens is 390 g/mol. The molecule has 0 aromatic rings. The van der Waals surface area contributed by atoms with Crippen molar-refractivity contribution in [3.8, 4) is 0 Å². The van der Waals surface area contributed by atoms with Crippen molar-refractivity contribution in [3.05, 3.63) is 0 Å². The third-order valence-electron chi connectivity index (χ3n) is 5.79. The van der Waals surface area contributed by atoms with Crippen molar-refractivity contribution >= 4 is 24.2 Å². The molecule has 0 spiro atoms. The minimum Gasteiger partial charge on any atom is -0.444 e. The van der Waals surface area contributed by atoms with Crippen LogP contribution >= 0.6 is 0 Å². The number of rotatable bonds is 5. The van der Waals surface area contributed by atoms with Crippen LogP contribution in [0.5, 0.6) is 0 Å². The highest BCUT2D eigenvalue weighted by Crippen LogP contribution is 2.41. The standard InChI is InChI=1S/C21H35N3O6/c1-13(23(7)19(28)30-20(2,3)4)17(26)22-11-14-8-9-29-16-10-21(5,6)15(12-25)24(16)18(14)27/h12-16H,8-11H2,1-7H3,(H,22,26)/t13-,14?,15+,16-/m0/s1. The Labute approximate surface area is 178 Å². The lowest BCUT2D eigenvalue weighted by molar-refractivity contribution is -0.146. The number of nitrogens with zero attached hydrogens (tertiary/aromatic N) is 2. The molecule has 0 aliphatic carbocycles. The number of hydrogen-bond donors (Lipinski definition) is 1. The largest absolute Gasteiger partial charge is 0.444 e. The number of aldehydes is 1. The van der Waals surface area contributed by atoms with E-state index in [1.54, 1.807) is 27.7 Å². The van der Waals surface area contributed by atoms with Gasteiger partial charge in [-0.3, -0.25) is 14.5 Å². The van der Waals surface area contributed by atoms with Gasteiger partial charge < -0.3 is 24.5 Å². The molecule has 9 nitrogen and oxygen atoms in total. The van der Waals surface area contributed by atoms with Gasteiger partial charge in [0.15, 0.2) is 0 Å². The van der Waals surface area contributed by atoms with Gasteiger partial charge in [-0.25, -0.2) is 4.79 Å². The second kappa shape index (κ2) is 8.91. The highest BCUT2D eigenvalue weighted by atomic mass is 16.6. The highest BCUT2D eigenvalue weighted by Gasteiger charge is 2.51. The molecule has 1 N–H and O–H groups in total. The molecule has 2 saturated heterocycles. The third kappa shape index (κ3) is 5.30. The first-order valence-corrected chi connectivity index (χ1v) is 10.4. The predicted octanol–water partition coefficient (Wildman–Crippen LogP) is 1.55. The van der Waals surface area contributed by atoms with E-state index in [9.17, 15) is 19.2 Å². The van der Waals surface area contributed by atoms with Crippen LogP contribution in [0.1, 0.15) is 54.4 Å². The number of fused-ring (bicyclic) bond motifs is 1.